The SMILES string of the molecule is CCC/C=C\CCCCCCCC(=O)NC(COC1OC(CO)C(OC2OC(CO)C(OC3OC(CO)C(O)C(O)C3O)C(O)C2O)C(O)C1O)C(O)/C=C/CC/C=C/CCCCCCC. The highest BCUT2D eigenvalue weighted by molar-refractivity contribution is 5.76. The van der Waals surface area contributed by atoms with Crippen LogP contribution in [0.4, 0.5) is 0 Å². The number of nitrogens with one attached hydrogen (secondary N) is 1. The molecule has 3 aliphatic heterocycles. The lowest BCUT2D eigenvalue weighted by Gasteiger charge is -2.48. The summed E-state index contributed by atoms with van der Waals surface area (Å²) >= 11 is 0. The van der Waals surface area contributed by atoms with Gasteiger partial charge in [-0.05, 0) is 51.4 Å². The molecule has 3 rings (SSSR count). The first-order valence-electron chi connectivity index (χ1n) is 24.2. The van der Waals surface area contributed by atoms with Crippen LogP contribution in [-0.4, -0.2) is 193 Å². The van der Waals surface area contributed by atoms with Gasteiger partial charge in [0.2, 0.25) is 5.91 Å². The number of unbranched alkanes of at least 4 members (excludes halogenated alkanes) is 12. The Morgan fingerprint density at radius 3 is 1.58 bits per heavy atom. The molecule has 3 aliphatic rings. The van der Waals surface area contributed by atoms with E-state index in [0.717, 1.165) is 64.2 Å². The molecular formula is C47H83NO18. The summed E-state index contributed by atoms with van der Waals surface area (Å²) in [7, 11) is 0. The molecule has 66 heavy (non-hydrogen) atoms. The van der Waals surface area contributed by atoms with Crippen molar-refractivity contribution in [3.05, 3.63) is 36.5 Å². The molecular weight excluding hydrogens is 867 g/mol. The average Bonchev–Trinajstić information content (AvgIpc) is 3.31. The predicted octanol–water partition coefficient (Wildman–Crippen LogP) is 0.637. The van der Waals surface area contributed by atoms with Gasteiger partial charge < -0.3 is 89.9 Å². The number of hydrogen-bond acceptors (Lipinski definition) is 18. The summed E-state index contributed by atoms with van der Waals surface area (Å²) in [5, 5.41) is 119. The highest BCUT2D eigenvalue weighted by atomic mass is 16.8. The van der Waals surface area contributed by atoms with Crippen molar-refractivity contribution in [2.75, 3.05) is 26.4 Å². The smallest absolute Gasteiger partial charge is 0.220 e. The molecule has 3 saturated heterocycles. The first-order valence-corrected chi connectivity index (χ1v) is 24.2. The van der Waals surface area contributed by atoms with Gasteiger partial charge in [0.1, 0.15) is 73.2 Å². The van der Waals surface area contributed by atoms with E-state index in [4.69, 9.17) is 28.4 Å². The molecule has 384 valence electrons. The molecule has 1 amide bonds. The van der Waals surface area contributed by atoms with Gasteiger partial charge in [-0.2, -0.15) is 0 Å². The second kappa shape index (κ2) is 32.8. The van der Waals surface area contributed by atoms with Gasteiger partial charge >= 0.3 is 0 Å². The van der Waals surface area contributed by atoms with Gasteiger partial charge in [0.25, 0.3) is 0 Å². The maximum Gasteiger partial charge on any atom is 0.220 e. The molecule has 0 aromatic carbocycles. The number of amides is 1. The Balaban J connectivity index is 1.60. The van der Waals surface area contributed by atoms with Gasteiger partial charge in [-0.25, -0.2) is 0 Å². The third-order valence-corrected chi connectivity index (χ3v) is 12.1. The molecule has 17 atom stereocenters. The number of allylic oxidation sites excluding steroid dienone is 5. The summed E-state index contributed by atoms with van der Waals surface area (Å²) in [5.41, 5.74) is 0. The van der Waals surface area contributed by atoms with Crippen LogP contribution in [0.3, 0.4) is 0 Å². The van der Waals surface area contributed by atoms with E-state index in [9.17, 15) is 61.0 Å². The molecule has 0 aromatic rings. The van der Waals surface area contributed by atoms with Crippen LogP contribution in [0.2, 0.25) is 0 Å². The number of hydrogen-bond donors (Lipinski definition) is 12. The largest absolute Gasteiger partial charge is 0.394 e. The zero-order valence-corrected chi connectivity index (χ0v) is 38.9. The minimum absolute atomic E-state index is 0.223. The molecule has 0 bridgehead atoms. The average molecular weight is 950 g/mol. The fourth-order valence-electron chi connectivity index (χ4n) is 8.03. The monoisotopic (exact) mass is 950 g/mol. The number of aliphatic hydroxyl groups is 11. The number of aliphatic hydroxyl groups excluding tert-OH is 11. The van der Waals surface area contributed by atoms with E-state index in [1.54, 1.807) is 6.08 Å². The standard InChI is InChI=1S/C47H83NO18/c1-3-5-7-9-11-13-15-16-18-20-22-24-31(52)30(48-35(53)25-23-21-19-17-14-12-10-8-6-4-2)29-61-45-41(59)38(56)43(33(27-50)63-45)66-47-42(60)39(57)44(34(28-51)64-47)65-46-40(58)37(55)36(54)32(26-49)62-46/h8,10,15-16,22,24,30-34,36-47,49-52,54-60H,3-7,9,11-14,17-21,23,25-29H2,1-2H3,(H,48,53)/b10-8-,16-15+,24-22+. The summed E-state index contributed by atoms with van der Waals surface area (Å²) in [6.07, 6.45) is 1.80. The van der Waals surface area contributed by atoms with Crippen LogP contribution < -0.4 is 5.32 Å². The Morgan fingerprint density at radius 2 is 1.00 bits per heavy atom. The Labute approximate surface area is 390 Å². The number of carbonyl (C=O) groups is 1. The van der Waals surface area contributed by atoms with Crippen molar-refractivity contribution in [1.29, 1.82) is 0 Å². The zero-order valence-electron chi connectivity index (χ0n) is 38.9. The lowest BCUT2D eigenvalue weighted by molar-refractivity contribution is -0.379. The van der Waals surface area contributed by atoms with Crippen molar-refractivity contribution >= 4 is 5.91 Å². The quantitative estimate of drug-likeness (QED) is 0.0325. The zero-order chi connectivity index (χ0) is 48.4. The normalized spacial score (nSPS) is 34.1. The number of carbonyl (C=O) groups excluding carboxylic acids is 1. The topological polar surface area (TPSA) is 307 Å². The predicted molar refractivity (Wildman–Crippen MR) is 240 cm³/mol. The second-order valence-corrected chi connectivity index (χ2v) is 17.6. The molecule has 0 saturated carbocycles. The van der Waals surface area contributed by atoms with E-state index in [2.05, 4.69) is 43.5 Å². The second-order valence-electron chi connectivity index (χ2n) is 17.6. The van der Waals surface area contributed by atoms with Gasteiger partial charge in [-0.1, -0.05) is 102 Å². The van der Waals surface area contributed by atoms with Gasteiger partial charge in [-0.15, -0.1) is 0 Å². The van der Waals surface area contributed by atoms with Gasteiger partial charge in [-0.3, -0.25) is 4.79 Å². The van der Waals surface area contributed by atoms with Crippen molar-refractivity contribution in [1.82, 2.24) is 5.32 Å². The minimum atomic E-state index is -1.98. The molecule has 19 heteroatoms. The van der Waals surface area contributed by atoms with Gasteiger partial charge in [0, 0.05) is 6.42 Å². The third kappa shape index (κ3) is 19.1. The van der Waals surface area contributed by atoms with Gasteiger partial charge in [0.05, 0.1) is 38.6 Å². The molecule has 3 heterocycles. The summed E-state index contributed by atoms with van der Waals surface area (Å²) in [6, 6.07) is -0.988. The third-order valence-electron chi connectivity index (χ3n) is 12.1. The van der Waals surface area contributed by atoms with Crippen molar-refractivity contribution in [2.45, 2.75) is 227 Å². The fourth-order valence-corrected chi connectivity index (χ4v) is 8.03. The van der Waals surface area contributed by atoms with E-state index in [-0.39, 0.29) is 18.9 Å². The van der Waals surface area contributed by atoms with Crippen molar-refractivity contribution in [2.24, 2.45) is 0 Å². The Bertz CT molecular complexity index is 1370. The summed E-state index contributed by atoms with van der Waals surface area (Å²) in [5.74, 6) is -0.303. The molecule has 0 aromatic heterocycles. The van der Waals surface area contributed by atoms with Crippen LogP contribution in [0.1, 0.15) is 123 Å². The van der Waals surface area contributed by atoms with Crippen LogP contribution in [-0.2, 0) is 33.2 Å². The minimum Gasteiger partial charge on any atom is -0.394 e. The van der Waals surface area contributed by atoms with E-state index < -0.39 is 124 Å². The molecule has 0 radical (unpaired) electrons. The molecule has 19 nitrogen and oxygen atoms in total. The summed E-state index contributed by atoms with van der Waals surface area (Å²) < 4.78 is 34.0. The fraction of sp³-hybridized carbons (Fsp3) is 0.851. The molecule has 0 spiro atoms. The van der Waals surface area contributed by atoms with Crippen LogP contribution in [0, 0.1) is 0 Å². The Hall–Kier alpha value is -1.99. The lowest BCUT2D eigenvalue weighted by Crippen LogP contribution is -2.66. The van der Waals surface area contributed by atoms with Crippen LogP contribution in [0.5, 0.6) is 0 Å². The lowest BCUT2D eigenvalue weighted by atomic mass is 9.96. The summed E-state index contributed by atoms with van der Waals surface area (Å²) in [6.45, 7) is 1.54. The van der Waals surface area contributed by atoms with Crippen LogP contribution in [0.25, 0.3) is 0 Å². The number of ether oxygens (including phenoxy) is 6. The highest BCUT2D eigenvalue weighted by Gasteiger charge is 2.53. The van der Waals surface area contributed by atoms with Crippen molar-refractivity contribution in [3.8, 4) is 0 Å². The van der Waals surface area contributed by atoms with E-state index in [1.165, 1.54) is 25.7 Å². The van der Waals surface area contributed by atoms with Gasteiger partial charge in [0.15, 0.2) is 18.9 Å². The molecule has 0 aliphatic carbocycles. The maximum atomic E-state index is 13.1. The van der Waals surface area contributed by atoms with Crippen LogP contribution >= 0.6 is 0 Å². The first-order chi connectivity index (χ1) is 31.8. The Kier molecular flexibility index (Phi) is 28.9. The highest BCUT2D eigenvalue weighted by Crippen LogP contribution is 2.33. The first kappa shape index (κ1) is 58.3. The van der Waals surface area contributed by atoms with Crippen molar-refractivity contribution < 1.29 is 89.4 Å². The summed E-state index contributed by atoms with van der Waals surface area (Å²) in [4.78, 5) is 13.1. The van der Waals surface area contributed by atoms with E-state index >= 15 is 0 Å². The van der Waals surface area contributed by atoms with E-state index in [1.807, 2.05) is 6.08 Å². The molecule has 12 N–H and O–H groups in total. The maximum absolute atomic E-state index is 13.1. The molecule has 3 fully saturated rings. The number of rotatable bonds is 32. The molecule has 17 unspecified atom stereocenters. The Morgan fingerprint density at radius 1 is 0.530 bits per heavy atom. The van der Waals surface area contributed by atoms with E-state index in [0.29, 0.717) is 12.8 Å². The van der Waals surface area contributed by atoms with Crippen molar-refractivity contribution in [3.63, 3.8) is 0 Å². The van der Waals surface area contributed by atoms with Crippen LogP contribution in [0.15, 0.2) is 36.5 Å².